The number of ether oxygens (including phenoxy) is 1. The fraction of sp³-hybridized carbons (Fsp3) is 0.692. The topological polar surface area (TPSA) is 9.23 Å². The van der Waals surface area contributed by atoms with Crippen LogP contribution >= 0.6 is 0 Å². The van der Waals surface area contributed by atoms with Crippen LogP contribution in [0.5, 0.6) is 0 Å². The van der Waals surface area contributed by atoms with Crippen molar-refractivity contribution in [2.24, 2.45) is 0 Å². The van der Waals surface area contributed by atoms with Gasteiger partial charge in [0, 0.05) is 7.11 Å². The van der Waals surface area contributed by atoms with Crippen LogP contribution in [-0.2, 0) is 4.74 Å². The number of hydrogen-bond acceptors (Lipinski definition) is 1. The van der Waals surface area contributed by atoms with Gasteiger partial charge in [0.25, 0.3) is 0 Å². The molecule has 0 amide bonds. The minimum atomic E-state index is 0.0248. The third-order valence-corrected chi connectivity index (χ3v) is 3.04. The molecule has 0 saturated carbocycles. The van der Waals surface area contributed by atoms with Crippen molar-refractivity contribution in [1.82, 2.24) is 0 Å². The number of methoxy groups -OCH3 is 1. The first-order valence-corrected chi connectivity index (χ1v) is 5.44. The Labute approximate surface area is 87.8 Å². The minimum absolute atomic E-state index is 0.0248. The van der Waals surface area contributed by atoms with Crippen molar-refractivity contribution in [2.45, 2.75) is 52.1 Å². The lowest BCUT2D eigenvalue weighted by Crippen LogP contribution is -2.22. The molecule has 0 aromatic heterocycles. The summed E-state index contributed by atoms with van der Waals surface area (Å²) in [5, 5.41) is 0. The highest BCUT2D eigenvalue weighted by Crippen LogP contribution is 2.25. The molecule has 1 aliphatic carbocycles. The van der Waals surface area contributed by atoms with Crippen LogP contribution in [0.2, 0.25) is 0 Å². The van der Waals surface area contributed by atoms with E-state index >= 15 is 0 Å². The van der Waals surface area contributed by atoms with Crippen molar-refractivity contribution in [2.75, 3.05) is 7.11 Å². The van der Waals surface area contributed by atoms with Crippen molar-refractivity contribution in [3.05, 3.63) is 23.3 Å². The second-order valence-electron chi connectivity index (χ2n) is 4.80. The molecule has 0 radical (unpaired) electrons. The van der Waals surface area contributed by atoms with Crippen molar-refractivity contribution in [3.8, 4) is 0 Å². The van der Waals surface area contributed by atoms with Gasteiger partial charge in [0.2, 0.25) is 0 Å². The summed E-state index contributed by atoms with van der Waals surface area (Å²) < 4.78 is 5.41. The Bertz CT molecular complexity index is 246. The van der Waals surface area contributed by atoms with Gasteiger partial charge in [-0.1, -0.05) is 23.3 Å². The van der Waals surface area contributed by atoms with E-state index in [0.29, 0.717) is 0 Å². The molecule has 1 rings (SSSR count). The summed E-state index contributed by atoms with van der Waals surface area (Å²) in [6.45, 7) is 6.50. The Hall–Kier alpha value is -0.560. The summed E-state index contributed by atoms with van der Waals surface area (Å²) in [5.41, 5.74) is 3.09. The number of hydrogen-bond donors (Lipinski definition) is 0. The summed E-state index contributed by atoms with van der Waals surface area (Å²) in [6.07, 6.45) is 9.29. The SMILES string of the molecule is COC(C)(C)CCC1=CC=C(C)CC1. The molecule has 0 aliphatic heterocycles. The van der Waals surface area contributed by atoms with Gasteiger partial charge in [0.15, 0.2) is 0 Å². The molecule has 1 heteroatoms. The van der Waals surface area contributed by atoms with E-state index in [2.05, 4.69) is 32.9 Å². The van der Waals surface area contributed by atoms with Crippen LogP contribution in [0, 0.1) is 0 Å². The van der Waals surface area contributed by atoms with Crippen LogP contribution in [0.25, 0.3) is 0 Å². The Balaban J connectivity index is 2.39. The van der Waals surface area contributed by atoms with E-state index in [4.69, 9.17) is 4.74 Å². The zero-order valence-corrected chi connectivity index (χ0v) is 9.89. The largest absolute Gasteiger partial charge is 0.379 e. The van der Waals surface area contributed by atoms with Gasteiger partial charge < -0.3 is 4.74 Å². The standard InChI is InChI=1S/C13H22O/c1-11-5-7-12(8-6-11)9-10-13(2,3)14-4/h5,7H,6,8-10H2,1-4H3. The van der Waals surface area contributed by atoms with E-state index < -0.39 is 0 Å². The first-order valence-electron chi connectivity index (χ1n) is 5.44. The van der Waals surface area contributed by atoms with E-state index in [1.165, 1.54) is 24.8 Å². The van der Waals surface area contributed by atoms with Gasteiger partial charge in [-0.05, 0) is 46.5 Å². The van der Waals surface area contributed by atoms with Gasteiger partial charge in [-0.3, -0.25) is 0 Å². The molecular weight excluding hydrogens is 172 g/mol. The summed E-state index contributed by atoms with van der Waals surface area (Å²) >= 11 is 0. The normalized spacial score (nSPS) is 17.7. The molecule has 0 fully saturated rings. The molecule has 1 aliphatic rings. The third-order valence-electron chi connectivity index (χ3n) is 3.04. The minimum Gasteiger partial charge on any atom is -0.379 e. The second kappa shape index (κ2) is 4.79. The van der Waals surface area contributed by atoms with Gasteiger partial charge in [-0.15, -0.1) is 0 Å². The molecule has 0 N–H and O–H groups in total. The fourth-order valence-corrected chi connectivity index (χ4v) is 1.56. The molecule has 80 valence electrons. The molecule has 0 aromatic carbocycles. The van der Waals surface area contributed by atoms with Crippen LogP contribution in [0.3, 0.4) is 0 Å². The van der Waals surface area contributed by atoms with E-state index in [1.54, 1.807) is 12.7 Å². The molecular formula is C13H22O. The van der Waals surface area contributed by atoms with Crippen LogP contribution in [0.15, 0.2) is 23.3 Å². The van der Waals surface area contributed by atoms with Gasteiger partial charge in [0.05, 0.1) is 5.60 Å². The first-order chi connectivity index (χ1) is 6.53. The highest BCUT2D eigenvalue weighted by molar-refractivity contribution is 5.22. The summed E-state index contributed by atoms with van der Waals surface area (Å²) in [7, 11) is 1.79. The van der Waals surface area contributed by atoms with Crippen molar-refractivity contribution < 1.29 is 4.74 Å². The smallest absolute Gasteiger partial charge is 0.0625 e. The van der Waals surface area contributed by atoms with E-state index in [-0.39, 0.29) is 5.60 Å². The highest BCUT2D eigenvalue weighted by atomic mass is 16.5. The Morgan fingerprint density at radius 2 is 2.00 bits per heavy atom. The first kappa shape index (κ1) is 11.5. The molecule has 1 nitrogen and oxygen atoms in total. The molecule has 0 atom stereocenters. The molecule has 0 unspecified atom stereocenters. The maximum Gasteiger partial charge on any atom is 0.0625 e. The zero-order valence-electron chi connectivity index (χ0n) is 9.89. The van der Waals surface area contributed by atoms with Gasteiger partial charge in [-0.25, -0.2) is 0 Å². The Morgan fingerprint density at radius 3 is 2.50 bits per heavy atom. The Kier molecular flexibility index (Phi) is 3.94. The molecule has 0 saturated heterocycles. The summed E-state index contributed by atoms with van der Waals surface area (Å²) in [4.78, 5) is 0. The summed E-state index contributed by atoms with van der Waals surface area (Å²) in [5.74, 6) is 0. The Morgan fingerprint density at radius 1 is 1.29 bits per heavy atom. The maximum absolute atomic E-state index is 5.41. The fourth-order valence-electron chi connectivity index (χ4n) is 1.56. The van der Waals surface area contributed by atoms with Gasteiger partial charge >= 0.3 is 0 Å². The average Bonchev–Trinajstić information content (AvgIpc) is 2.17. The molecule has 0 aromatic rings. The van der Waals surface area contributed by atoms with Crippen LogP contribution in [-0.4, -0.2) is 12.7 Å². The molecule has 0 bridgehead atoms. The number of allylic oxidation sites excluding steroid dienone is 4. The van der Waals surface area contributed by atoms with Crippen molar-refractivity contribution in [1.29, 1.82) is 0 Å². The predicted molar refractivity (Wildman–Crippen MR) is 61.4 cm³/mol. The van der Waals surface area contributed by atoms with Gasteiger partial charge in [-0.2, -0.15) is 0 Å². The van der Waals surface area contributed by atoms with Crippen LogP contribution < -0.4 is 0 Å². The lowest BCUT2D eigenvalue weighted by molar-refractivity contribution is 0.0156. The third kappa shape index (κ3) is 3.67. The van der Waals surface area contributed by atoms with Gasteiger partial charge in [0.1, 0.15) is 0 Å². The summed E-state index contributed by atoms with van der Waals surface area (Å²) in [6, 6.07) is 0. The van der Waals surface area contributed by atoms with E-state index in [9.17, 15) is 0 Å². The lowest BCUT2D eigenvalue weighted by Gasteiger charge is -2.24. The monoisotopic (exact) mass is 194 g/mol. The lowest BCUT2D eigenvalue weighted by atomic mass is 9.92. The van der Waals surface area contributed by atoms with E-state index in [0.717, 1.165) is 6.42 Å². The molecule has 0 heterocycles. The average molecular weight is 194 g/mol. The van der Waals surface area contributed by atoms with Crippen LogP contribution in [0.1, 0.15) is 46.5 Å². The molecule has 14 heavy (non-hydrogen) atoms. The molecule has 0 spiro atoms. The number of rotatable bonds is 4. The zero-order chi connectivity index (χ0) is 10.6. The maximum atomic E-state index is 5.41. The van der Waals surface area contributed by atoms with Crippen LogP contribution in [0.4, 0.5) is 0 Å². The second-order valence-corrected chi connectivity index (χ2v) is 4.80. The van der Waals surface area contributed by atoms with Crippen molar-refractivity contribution in [3.63, 3.8) is 0 Å². The van der Waals surface area contributed by atoms with Crippen molar-refractivity contribution >= 4 is 0 Å². The van der Waals surface area contributed by atoms with E-state index in [1.807, 2.05) is 0 Å². The predicted octanol–water partition coefficient (Wildman–Crippen LogP) is 3.86. The quantitative estimate of drug-likeness (QED) is 0.660. The highest BCUT2D eigenvalue weighted by Gasteiger charge is 2.16.